The summed E-state index contributed by atoms with van der Waals surface area (Å²) in [5.41, 5.74) is 0. The zero-order valence-electron chi connectivity index (χ0n) is 7.94. The molecule has 1 rings (SSSR count). The minimum Gasteiger partial charge on any atom is -0.547 e. The van der Waals surface area contributed by atoms with E-state index in [-0.39, 0.29) is 45.0 Å². The summed E-state index contributed by atoms with van der Waals surface area (Å²) in [5.74, 6) is 0. The molecule has 0 unspecified atom stereocenters. The first-order valence-corrected chi connectivity index (χ1v) is 5.00. The van der Waals surface area contributed by atoms with E-state index in [0.29, 0.717) is 5.02 Å². The molecule has 0 aliphatic carbocycles. The second-order valence-corrected chi connectivity index (χ2v) is 4.34. The molecule has 0 N–H and O–H groups in total. The van der Waals surface area contributed by atoms with Gasteiger partial charge in [-0.2, -0.15) is 7.05 Å². The summed E-state index contributed by atoms with van der Waals surface area (Å²) in [4.78, 5) is 0.123. The molecule has 0 atom stereocenters. The molecule has 1 aromatic carbocycles. The van der Waals surface area contributed by atoms with Crippen molar-refractivity contribution in [3.05, 3.63) is 41.4 Å². The van der Waals surface area contributed by atoms with Crippen molar-refractivity contribution in [1.82, 2.24) is 0 Å². The first-order chi connectivity index (χ1) is 5.56. The number of hydrogen-bond donors (Lipinski definition) is 0. The first kappa shape index (κ1) is 16.9. The van der Waals surface area contributed by atoms with Gasteiger partial charge in [0, 0.05) is 42.6 Å². The van der Waals surface area contributed by atoms with Crippen molar-refractivity contribution in [2.24, 2.45) is 0 Å². The number of hydrogen-bond acceptors (Lipinski definition) is 2. The van der Waals surface area contributed by atoms with Gasteiger partial charge in [-0.05, 0) is 18.2 Å². The Kier molecular flexibility index (Phi) is 8.36. The second kappa shape index (κ2) is 6.91. The Morgan fingerprint density at radius 1 is 1.36 bits per heavy atom. The van der Waals surface area contributed by atoms with Crippen molar-refractivity contribution in [2.75, 3.05) is 7.05 Å². The van der Waals surface area contributed by atoms with Gasteiger partial charge in [0.25, 0.3) is 0 Å². The van der Waals surface area contributed by atoms with E-state index in [2.05, 4.69) is 4.72 Å². The van der Waals surface area contributed by atoms with Crippen molar-refractivity contribution in [1.29, 1.82) is 0 Å². The topological polar surface area (TPSA) is 48.2 Å². The summed E-state index contributed by atoms with van der Waals surface area (Å²) in [6.07, 6.45) is 0. The quantitative estimate of drug-likeness (QED) is 0.788. The fraction of sp³-hybridized carbons (Fsp3) is 0.125. The van der Waals surface area contributed by atoms with Gasteiger partial charge in [-0.15, -0.1) is 0 Å². The number of rotatable bonds is 2. The Labute approximate surface area is 115 Å². The molecule has 0 bridgehead atoms. The molecule has 0 aromatic heterocycles. The Balaban J connectivity index is 0. The van der Waals surface area contributed by atoms with Gasteiger partial charge in [-0.25, -0.2) is 8.42 Å². The molecule has 0 amide bonds. The van der Waals surface area contributed by atoms with E-state index in [1.165, 1.54) is 19.2 Å². The predicted molar refractivity (Wildman–Crippen MR) is 54.3 cm³/mol. The predicted octanol–water partition coefficient (Wildman–Crippen LogP) is 2.48. The van der Waals surface area contributed by atoms with E-state index >= 15 is 0 Å². The van der Waals surface area contributed by atoms with Gasteiger partial charge in [0.05, 0.1) is 0 Å². The normalized spacial score (nSPS) is 9.86. The minimum absolute atomic E-state index is 0. The SMILES string of the molecule is C[N-]S(=O)(=O)c1cccc(Cl)c1.[CH3-].[Y]. The molecule has 3 nitrogen and oxygen atoms in total. The molecular formula is C8H10ClNO2SY-2. The van der Waals surface area contributed by atoms with E-state index in [9.17, 15) is 8.42 Å². The molecule has 0 spiro atoms. The molecule has 0 heterocycles. The van der Waals surface area contributed by atoms with Gasteiger partial charge < -0.3 is 12.1 Å². The fourth-order valence-electron chi connectivity index (χ4n) is 0.733. The maximum absolute atomic E-state index is 11.1. The molecule has 77 valence electrons. The summed E-state index contributed by atoms with van der Waals surface area (Å²) in [6.45, 7) is 0. The third kappa shape index (κ3) is 4.36. The van der Waals surface area contributed by atoms with Crippen LogP contribution in [0, 0.1) is 7.43 Å². The van der Waals surface area contributed by atoms with Crippen molar-refractivity contribution >= 4 is 21.6 Å². The molecule has 0 aliphatic heterocycles. The molecule has 6 heteroatoms. The maximum atomic E-state index is 11.1. The van der Waals surface area contributed by atoms with Crippen LogP contribution in [0.4, 0.5) is 0 Å². The Bertz CT molecular complexity index is 381. The van der Waals surface area contributed by atoms with E-state index in [1.807, 2.05) is 0 Å². The molecule has 0 fully saturated rings. The van der Waals surface area contributed by atoms with Gasteiger partial charge in [0.2, 0.25) is 0 Å². The van der Waals surface area contributed by atoms with Crippen molar-refractivity contribution < 1.29 is 41.1 Å². The second-order valence-electron chi connectivity index (χ2n) is 2.12. The van der Waals surface area contributed by atoms with Crippen LogP contribution < -0.4 is 0 Å². The summed E-state index contributed by atoms with van der Waals surface area (Å²) in [5, 5.41) is 0.389. The zero-order valence-corrected chi connectivity index (χ0v) is 12.3. The van der Waals surface area contributed by atoms with Gasteiger partial charge in [0.1, 0.15) is 10.0 Å². The van der Waals surface area contributed by atoms with Crippen LogP contribution >= 0.6 is 11.6 Å². The standard InChI is InChI=1S/C7H7ClNO2S.CH3.Y/c1-9-12(10,11)7-4-2-3-6(8)5-7;;/h2-5H,1H3;1H3;/q2*-1;. The van der Waals surface area contributed by atoms with Gasteiger partial charge in [-0.3, -0.25) is 0 Å². The molecule has 14 heavy (non-hydrogen) atoms. The summed E-state index contributed by atoms with van der Waals surface area (Å²) in [7, 11) is -2.25. The van der Waals surface area contributed by atoms with Crippen LogP contribution in [0.25, 0.3) is 4.72 Å². The summed E-state index contributed by atoms with van der Waals surface area (Å²) in [6, 6.07) is 5.99. The summed E-state index contributed by atoms with van der Waals surface area (Å²) >= 11 is 5.60. The Morgan fingerprint density at radius 3 is 2.36 bits per heavy atom. The largest absolute Gasteiger partial charge is 0.547 e. The first-order valence-electron chi connectivity index (χ1n) is 3.18. The third-order valence-electron chi connectivity index (χ3n) is 1.33. The average molecular weight is 309 g/mol. The van der Waals surface area contributed by atoms with Crippen LogP contribution in [0.2, 0.25) is 5.02 Å². The minimum atomic E-state index is -3.48. The average Bonchev–Trinajstić information content (AvgIpc) is 2.05. The van der Waals surface area contributed by atoms with E-state index in [4.69, 9.17) is 11.6 Å². The van der Waals surface area contributed by atoms with E-state index < -0.39 is 10.0 Å². The smallest absolute Gasteiger partial charge is 0.101 e. The van der Waals surface area contributed by atoms with Gasteiger partial charge in [-0.1, -0.05) is 17.7 Å². The molecule has 0 saturated heterocycles. The van der Waals surface area contributed by atoms with Crippen LogP contribution in [0.15, 0.2) is 29.2 Å². The van der Waals surface area contributed by atoms with Crippen molar-refractivity contribution in [3.8, 4) is 0 Å². The number of sulfonamides is 1. The summed E-state index contributed by atoms with van der Waals surface area (Å²) < 4.78 is 25.5. The molecule has 1 radical (unpaired) electrons. The molecule has 0 aliphatic rings. The third-order valence-corrected chi connectivity index (χ3v) is 2.90. The number of benzene rings is 1. The molecule has 0 saturated carbocycles. The maximum Gasteiger partial charge on any atom is 0.101 e. The van der Waals surface area contributed by atoms with Crippen molar-refractivity contribution in [2.45, 2.75) is 4.90 Å². The van der Waals surface area contributed by atoms with Crippen LogP contribution in [-0.2, 0) is 42.7 Å². The zero-order chi connectivity index (χ0) is 9.19. The van der Waals surface area contributed by atoms with Crippen LogP contribution in [-0.4, -0.2) is 15.5 Å². The van der Waals surface area contributed by atoms with Gasteiger partial charge >= 0.3 is 0 Å². The van der Waals surface area contributed by atoms with Crippen LogP contribution in [0.3, 0.4) is 0 Å². The Hall–Kier alpha value is 0.524. The Morgan fingerprint density at radius 2 is 1.93 bits per heavy atom. The molecule has 1 aromatic rings. The van der Waals surface area contributed by atoms with E-state index in [1.54, 1.807) is 12.1 Å². The van der Waals surface area contributed by atoms with Crippen molar-refractivity contribution in [3.63, 3.8) is 0 Å². The fourth-order valence-corrected chi connectivity index (χ4v) is 1.73. The number of nitrogens with zero attached hydrogens (tertiary/aromatic N) is 1. The monoisotopic (exact) mass is 308 g/mol. The van der Waals surface area contributed by atoms with Crippen LogP contribution in [0.1, 0.15) is 0 Å². The number of halogens is 1. The van der Waals surface area contributed by atoms with Gasteiger partial charge in [0.15, 0.2) is 0 Å². The van der Waals surface area contributed by atoms with E-state index in [0.717, 1.165) is 0 Å². The van der Waals surface area contributed by atoms with Crippen LogP contribution in [0.5, 0.6) is 0 Å². The molecular weight excluding hydrogens is 299 g/mol.